The van der Waals surface area contributed by atoms with E-state index in [9.17, 15) is 9.59 Å². The number of thiophene rings is 1. The fourth-order valence-corrected chi connectivity index (χ4v) is 6.52. The van der Waals surface area contributed by atoms with E-state index in [1.807, 2.05) is 63.2 Å². The van der Waals surface area contributed by atoms with E-state index in [1.54, 1.807) is 15.9 Å². The van der Waals surface area contributed by atoms with Gasteiger partial charge in [-0.3, -0.25) is 14.2 Å². The van der Waals surface area contributed by atoms with Gasteiger partial charge in [0.1, 0.15) is 4.83 Å². The van der Waals surface area contributed by atoms with Crippen LogP contribution in [0.15, 0.2) is 52.4 Å². The van der Waals surface area contributed by atoms with Gasteiger partial charge in [-0.05, 0) is 81.3 Å². The predicted octanol–water partition coefficient (Wildman–Crippen LogP) is 5.98. The molecule has 1 aliphatic carbocycles. The van der Waals surface area contributed by atoms with E-state index < -0.39 is 0 Å². The molecule has 2 aromatic heterocycles. The molecule has 5 rings (SSSR count). The zero-order chi connectivity index (χ0) is 23.8. The number of benzene rings is 2. The van der Waals surface area contributed by atoms with Gasteiger partial charge >= 0.3 is 0 Å². The van der Waals surface area contributed by atoms with E-state index in [0.29, 0.717) is 5.16 Å². The number of fused-ring (bicyclic) bond motifs is 3. The molecule has 0 atom stereocenters. The average Bonchev–Trinajstić information content (AvgIpc) is 3.20. The number of carbonyl (C=O) groups is 1. The van der Waals surface area contributed by atoms with Crippen LogP contribution in [0.5, 0.6) is 0 Å². The third-order valence-corrected chi connectivity index (χ3v) is 8.59. The van der Waals surface area contributed by atoms with Crippen LogP contribution in [0.25, 0.3) is 15.9 Å². The number of anilines is 1. The van der Waals surface area contributed by atoms with Crippen molar-refractivity contribution in [2.45, 2.75) is 51.6 Å². The largest absolute Gasteiger partial charge is 0.325 e. The Balaban J connectivity index is 1.52. The monoisotopic (exact) mass is 489 g/mol. The van der Waals surface area contributed by atoms with Crippen LogP contribution in [0.2, 0.25) is 0 Å². The van der Waals surface area contributed by atoms with Gasteiger partial charge in [0.15, 0.2) is 5.16 Å². The lowest BCUT2D eigenvalue weighted by Gasteiger charge is -2.14. The maximum Gasteiger partial charge on any atom is 0.267 e. The molecular formula is C27H27N3O2S2. The first kappa shape index (κ1) is 22.9. The molecule has 1 aliphatic rings. The third kappa shape index (κ3) is 4.30. The Bertz CT molecular complexity index is 1450. The standard InChI is InChI=1S/C27H27N3O2S2/c1-16-11-13-19(14-12-16)30-26(32)24-20-8-4-5-10-22(20)34-25(24)29-27(30)33-15-23(31)28-21-9-6-7-17(2)18(21)3/h6-7,9,11-14H,4-5,8,10,15H2,1-3H3,(H,28,31). The number of aryl methyl sites for hydroxylation is 4. The smallest absolute Gasteiger partial charge is 0.267 e. The number of nitrogens with zero attached hydrogens (tertiary/aromatic N) is 2. The molecule has 0 radical (unpaired) electrons. The molecule has 1 N–H and O–H groups in total. The summed E-state index contributed by atoms with van der Waals surface area (Å²) < 4.78 is 1.68. The van der Waals surface area contributed by atoms with Crippen molar-refractivity contribution in [2.75, 3.05) is 11.1 Å². The van der Waals surface area contributed by atoms with Gasteiger partial charge in [0, 0.05) is 10.6 Å². The fourth-order valence-electron chi connectivity index (χ4n) is 4.41. The quantitative estimate of drug-likeness (QED) is 0.277. The molecule has 2 aromatic carbocycles. The van der Waals surface area contributed by atoms with Crippen LogP contribution in [0.1, 0.15) is 40.0 Å². The molecule has 0 aliphatic heterocycles. The molecule has 0 spiro atoms. The van der Waals surface area contributed by atoms with Gasteiger partial charge in [0.2, 0.25) is 5.91 Å². The first-order valence-corrected chi connectivity index (χ1v) is 13.4. The van der Waals surface area contributed by atoms with E-state index in [0.717, 1.165) is 64.0 Å². The van der Waals surface area contributed by atoms with Gasteiger partial charge in [-0.15, -0.1) is 11.3 Å². The summed E-state index contributed by atoms with van der Waals surface area (Å²) >= 11 is 2.94. The number of amides is 1. The highest BCUT2D eigenvalue weighted by atomic mass is 32.2. The number of hydrogen-bond acceptors (Lipinski definition) is 5. The first-order valence-electron chi connectivity index (χ1n) is 11.6. The second-order valence-corrected chi connectivity index (χ2v) is 10.9. The highest BCUT2D eigenvalue weighted by Gasteiger charge is 2.23. The molecule has 1 amide bonds. The van der Waals surface area contributed by atoms with Crippen molar-refractivity contribution in [1.29, 1.82) is 0 Å². The zero-order valence-corrected chi connectivity index (χ0v) is 21.2. The van der Waals surface area contributed by atoms with Gasteiger partial charge in [0.25, 0.3) is 5.56 Å². The summed E-state index contributed by atoms with van der Waals surface area (Å²) in [5.74, 6) is 0.0522. The SMILES string of the molecule is Cc1ccc(-n2c(SCC(=O)Nc3cccc(C)c3C)nc3sc4c(c3c2=O)CCCC4)cc1. The highest BCUT2D eigenvalue weighted by Crippen LogP contribution is 2.35. The van der Waals surface area contributed by atoms with Crippen molar-refractivity contribution in [2.24, 2.45) is 0 Å². The Labute approximate surface area is 207 Å². The molecule has 5 nitrogen and oxygen atoms in total. The number of carbonyl (C=O) groups excluding carboxylic acids is 1. The Hall–Kier alpha value is -2.90. The Morgan fingerprint density at radius 3 is 2.65 bits per heavy atom. The molecule has 0 unspecified atom stereocenters. The Morgan fingerprint density at radius 1 is 1.09 bits per heavy atom. The molecular weight excluding hydrogens is 462 g/mol. The molecule has 0 saturated heterocycles. The molecule has 174 valence electrons. The number of thioether (sulfide) groups is 1. The molecule has 0 fully saturated rings. The number of rotatable bonds is 5. The van der Waals surface area contributed by atoms with Crippen LogP contribution in [-0.4, -0.2) is 21.2 Å². The second kappa shape index (κ2) is 9.39. The maximum atomic E-state index is 13.8. The predicted molar refractivity (Wildman–Crippen MR) is 142 cm³/mol. The van der Waals surface area contributed by atoms with Crippen LogP contribution in [0.3, 0.4) is 0 Å². The zero-order valence-electron chi connectivity index (χ0n) is 19.6. The van der Waals surface area contributed by atoms with Crippen molar-refractivity contribution >= 4 is 44.9 Å². The molecule has 7 heteroatoms. The molecule has 0 saturated carbocycles. The molecule has 0 bridgehead atoms. The van der Waals surface area contributed by atoms with Crippen LogP contribution >= 0.6 is 23.1 Å². The van der Waals surface area contributed by atoms with Gasteiger partial charge in [-0.25, -0.2) is 4.98 Å². The lowest BCUT2D eigenvalue weighted by molar-refractivity contribution is -0.113. The lowest BCUT2D eigenvalue weighted by atomic mass is 9.97. The van der Waals surface area contributed by atoms with Crippen LogP contribution in [0, 0.1) is 20.8 Å². The van der Waals surface area contributed by atoms with E-state index in [4.69, 9.17) is 4.98 Å². The summed E-state index contributed by atoms with van der Waals surface area (Å²) in [5.41, 5.74) is 6.04. The topological polar surface area (TPSA) is 64.0 Å². The summed E-state index contributed by atoms with van der Waals surface area (Å²) in [5, 5.41) is 4.31. The molecule has 4 aromatic rings. The second-order valence-electron chi connectivity index (χ2n) is 8.85. The van der Waals surface area contributed by atoms with Crippen molar-refractivity contribution in [1.82, 2.24) is 9.55 Å². The summed E-state index contributed by atoms with van der Waals surface area (Å²) in [6.07, 6.45) is 4.22. The summed E-state index contributed by atoms with van der Waals surface area (Å²) in [4.78, 5) is 33.6. The third-order valence-electron chi connectivity index (χ3n) is 6.46. The lowest BCUT2D eigenvalue weighted by Crippen LogP contribution is -2.23. The summed E-state index contributed by atoms with van der Waals surface area (Å²) in [7, 11) is 0. The summed E-state index contributed by atoms with van der Waals surface area (Å²) in [6.45, 7) is 6.05. The van der Waals surface area contributed by atoms with Crippen LogP contribution in [0.4, 0.5) is 5.69 Å². The van der Waals surface area contributed by atoms with Crippen molar-refractivity contribution in [3.8, 4) is 5.69 Å². The van der Waals surface area contributed by atoms with Gasteiger partial charge in [0.05, 0.1) is 16.8 Å². The first-order chi connectivity index (χ1) is 16.4. The van der Waals surface area contributed by atoms with Crippen molar-refractivity contribution < 1.29 is 4.79 Å². The van der Waals surface area contributed by atoms with Gasteiger partial charge in [-0.2, -0.15) is 0 Å². The van der Waals surface area contributed by atoms with Gasteiger partial charge in [-0.1, -0.05) is 41.6 Å². The van der Waals surface area contributed by atoms with E-state index in [1.165, 1.54) is 22.2 Å². The number of nitrogens with one attached hydrogen (secondary N) is 1. The normalized spacial score (nSPS) is 13.1. The van der Waals surface area contributed by atoms with E-state index >= 15 is 0 Å². The van der Waals surface area contributed by atoms with Crippen molar-refractivity contribution in [3.63, 3.8) is 0 Å². The Morgan fingerprint density at radius 2 is 1.85 bits per heavy atom. The minimum absolute atomic E-state index is 0.0364. The minimum atomic E-state index is -0.117. The molecule has 2 heterocycles. The number of hydrogen-bond donors (Lipinski definition) is 1. The average molecular weight is 490 g/mol. The maximum absolute atomic E-state index is 13.8. The van der Waals surface area contributed by atoms with E-state index in [2.05, 4.69) is 5.32 Å². The highest BCUT2D eigenvalue weighted by molar-refractivity contribution is 7.99. The molecule has 34 heavy (non-hydrogen) atoms. The van der Waals surface area contributed by atoms with Crippen LogP contribution in [-0.2, 0) is 17.6 Å². The fraction of sp³-hybridized carbons (Fsp3) is 0.296. The number of aromatic nitrogens is 2. The van der Waals surface area contributed by atoms with E-state index in [-0.39, 0.29) is 17.2 Å². The van der Waals surface area contributed by atoms with Crippen molar-refractivity contribution in [3.05, 3.63) is 79.9 Å². The van der Waals surface area contributed by atoms with Gasteiger partial charge < -0.3 is 5.32 Å². The minimum Gasteiger partial charge on any atom is -0.325 e. The summed E-state index contributed by atoms with van der Waals surface area (Å²) in [6, 6.07) is 13.8. The van der Waals surface area contributed by atoms with Crippen LogP contribution < -0.4 is 10.9 Å². The Kier molecular flexibility index (Phi) is 6.32.